The van der Waals surface area contributed by atoms with E-state index < -0.39 is 0 Å². The number of benzene rings is 2. The van der Waals surface area contributed by atoms with Crippen molar-refractivity contribution in [2.24, 2.45) is 5.92 Å². The predicted octanol–water partition coefficient (Wildman–Crippen LogP) is 7.04. The molecule has 168 valence electrons. The fourth-order valence-corrected chi connectivity index (χ4v) is 3.29. The van der Waals surface area contributed by atoms with Crippen molar-refractivity contribution >= 4 is 23.5 Å². The number of hydrogen-bond donors (Lipinski definition) is 0. The molecule has 31 heavy (non-hydrogen) atoms. The van der Waals surface area contributed by atoms with Gasteiger partial charge in [0.25, 0.3) is 0 Å². The number of rotatable bonds is 12. The summed E-state index contributed by atoms with van der Waals surface area (Å²) >= 11 is 6.24. The first kappa shape index (κ1) is 24.9. The number of hydrogen-bond acceptors (Lipinski definition) is 4. The van der Waals surface area contributed by atoms with Gasteiger partial charge in [0.1, 0.15) is 12.4 Å². The van der Waals surface area contributed by atoms with Gasteiger partial charge in [0.15, 0.2) is 0 Å². The van der Waals surface area contributed by atoms with Crippen molar-refractivity contribution in [3.8, 4) is 16.9 Å². The summed E-state index contributed by atoms with van der Waals surface area (Å²) in [6.45, 7) is 6.45. The summed E-state index contributed by atoms with van der Waals surface area (Å²) in [7, 11) is 0. The van der Waals surface area contributed by atoms with Crippen molar-refractivity contribution in [1.82, 2.24) is 0 Å². The van der Waals surface area contributed by atoms with Gasteiger partial charge in [0.05, 0.1) is 10.9 Å². The molecule has 0 saturated heterocycles. The maximum Gasteiger partial charge on any atom is 0.338 e. The molecular formula is C26H33ClO4. The summed E-state index contributed by atoms with van der Waals surface area (Å²) in [5.41, 5.74) is 2.43. The van der Waals surface area contributed by atoms with Gasteiger partial charge in [-0.05, 0) is 47.7 Å². The molecule has 0 aliphatic rings. The van der Waals surface area contributed by atoms with Crippen molar-refractivity contribution in [2.75, 3.05) is 6.61 Å². The number of ether oxygens (including phenoxy) is 2. The molecule has 0 aliphatic heterocycles. The van der Waals surface area contributed by atoms with Crippen LogP contribution in [0.25, 0.3) is 11.1 Å². The smallest absolute Gasteiger partial charge is 0.338 e. The minimum atomic E-state index is -0.373. The van der Waals surface area contributed by atoms with E-state index in [0.29, 0.717) is 23.7 Å². The summed E-state index contributed by atoms with van der Waals surface area (Å²) in [5.74, 6) is 0.266. The Balaban J connectivity index is 1.88. The molecule has 0 heterocycles. The van der Waals surface area contributed by atoms with E-state index in [9.17, 15) is 9.59 Å². The highest BCUT2D eigenvalue weighted by atomic mass is 35.5. The minimum absolute atomic E-state index is 0.183. The second-order valence-corrected chi connectivity index (χ2v) is 8.45. The molecule has 0 aliphatic carbocycles. The summed E-state index contributed by atoms with van der Waals surface area (Å²) in [6, 6.07) is 14.6. The number of alkyl halides is 1. The van der Waals surface area contributed by atoms with E-state index in [2.05, 4.69) is 13.8 Å². The van der Waals surface area contributed by atoms with E-state index in [1.54, 1.807) is 24.3 Å². The number of carbonyl (C=O) groups excluding carboxylic acids is 2. The molecule has 0 amide bonds. The van der Waals surface area contributed by atoms with Crippen molar-refractivity contribution < 1.29 is 19.1 Å². The zero-order valence-electron chi connectivity index (χ0n) is 18.7. The number of carbonyl (C=O) groups is 2. The third-order valence-electron chi connectivity index (χ3n) is 5.41. The highest BCUT2D eigenvalue weighted by molar-refractivity contribution is 6.21. The second kappa shape index (κ2) is 13.2. The molecule has 5 heteroatoms. The maximum atomic E-state index is 12.2. The topological polar surface area (TPSA) is 52.6 Å². The molecule has 2 unspecified atom stereocenters. The van der Waals surface area contributed by atoms with E-state index in [4.69, 9.17) is 21.1 Å². The number of halogens is 1. The van der Waals surface area contributed by atoms with E-state index in [-0.39, 0.29) is 23.9 Å². The summed E-state index contributed by atoms with van der Waals surface area (Å²) in [5, 5.41) is -0.183. The Hall–Kier alpha value is -2.33. The number of esters is 2. The Bertz CT molecular complexity index is 814. The van der Waals surface area contributed by atoms with Gasteiger partial charge >= 0.3 is 11.9 Å². The zero-order valence-corrected chi connectivity index (χ0v) is 19.5. The van der Waals surface area contributed by atoms with Crippen LogP contribution in [0.3, 0.4) is 0 Å². The van der Waals surface area contributed by atoms with Crippen LogP contribution in [-0.4, -0.2) is 23.9 Å². The lowest BCUT2D eigenvalue weighted by Gasteiger charge is -2.16. The highest BCUT2D eigenvalue weighted by Crippen LogP contribution is 2.24. The van der Waals surface area contributed by atoms with E-state index in [1.165, 1.54) is 0 Å². The lowest BCUT2D eigenvalue weighted by atomic mass is 10.0. The van der Waals surface area contributed by atoms with Gasteiger partial charge in [0, 0.05) is 6.42 Å². The Morgan fingerprint density at radius 1 is 0.903 bits per heavy atom. The number of unbranched alkanes of at least 4 members (excludes halogenated alkanes) is 3. The lowest BCUT2D eigenvalue weighted by molar-refractivity contribution is -0.134. The van der Waals surface area contributed by atoms with Crippen LogP contribution >= 0.6 is 11.6 Å². The minimum Gasteiger partial charge on any atom is -0.461 e. The highest BCUT2D eigenvalue weighted by Gasteiger charge is 2.16. The first-order chi connectivity index (χ1) is 14.9. The van der Waals surface area contributed by atoms with E-state index >= 15 is 0 Å². The van der Waals surface area contributed by atoms with Gasteiger partial charge in [-0.25, -0.2) is 4.79 Å². The Labute approximate surface area is 190 Å². The Morgan fingerprint density at radius 2 is 1.52 bits per heavy atom. The zero-order chi connectivity index (χ0) is 22.6. The van der Waals surface area contributed by atoms with Crippen molar-refractivity contribution in [3.05, 3.63) is 54.1 Å². The largest absolute Gasteiger partial charge is 0.461 e. The average Bonchev–Trinajstić information content (AvgIpc) is 2.80. The molecular weight excluding hydrogens is 412 g/mol. The molecule has 0 radical (unpaired) electrons. The quantitative estimate of drug-likeness (QED) is 0.152. The second-order valence-electron chi connectivity index (χ2n) is 7.89. The van der Waals surface area contributed by atoms with Crippen LogP contribution in [0.1, 0.15) is 69.7 Å². The predicted molar refractivity (Wildman–Crippen MR) is 126 cm³/mol. The molecule has 2 aromatic rings. The van der Waals surface area contributed by atoms with Gasteiger partial charge in [-0.2, -0.15) is 0 Å². The monoisotopic (exact) mass is 444 g/mol. The molecule has 0 aromatic heterocycles. The van der Waals surface area contributed by atoms with E-state index in [0.717, 1.165) is 43.2 Å². The maximum absolute atomic E-state index is 12.2. The van der Waals surface area contributed by atoms with Crippen LogP contribution < -0.4 is 4.74 Å². The lowest BCUT2D eigenvalue weighted by Crippen LogP contribution is -2.20. The normalized spacial score (nSPS) is 12.8. The van der Waals surface area contributed by atoms with Crippen LogP contribution in [0.5, 0.6) is 5.75 Å². The molecule has 0 saturated carbocycles. The van der Waals surface area contributed by atoms with E-state index in [1.807, 2.05) is 31.2 Å². The first-order valence-electron chi connectivity index (χ1n) is 11.2. The van der Waals surface area contributed by atoms with Crippen LogP contribution in [0.15, 0.2) is 48.5 Å². The van der Waals surface area contributed by atoms with Gasteiger partial charge in [-0.15, -0.1) is 11.6 Å². The van der Waals surface area contributed by atoms with Crippen LogP contribution in [0.2, 0.25) is 0 Å². The molecule has 2 rings (SSSR count). The van der Waals surface area contributed by atoms with Crippen LogP contribution in [0, 0.1) is 5.92 Å². The Kier molecular flexibility index (Phi) is 10.6. The third-order valence-corrected chi connectivity index (χ3v) is 5.97. The first-order valence-corrected chi connectivity index (χ1v) is 11.6. The summed E-state index contributed by atoms with van der Waals surface area (Å²) in [6.07, 6.45) is 5.59. The SMILES string of the molecule is CCCCCCC(=O)Oc1ccc(-c2ccc(C(=O)OCC(Cl)C(C)CC)cc2)cc1. The molecule has 0 fully saturated rings. The van der Waals surface area contributed by atoms with Gasteiger partial charge in [-0.1, -0.05) is 70.7 Å². The van der Waals surface area contributed by atoms with Crippen LogP contribution in [0.4, 0.5) is 0 Å². The van der Waals surface area contributed by atoms with Crippen molar-refractivity contribution in [3.63, 3.8) is 0 Å². The average molecular weight is 445 g/mol. The molecule has 2 atom stereocenters. The van der Waals surface area contributed by atoms with Crippen molar-refractivity contribution in [1.29, 1.82) is 0 Å². The Morgan fingerprint density at radius 3 is 2.10 bits per heavy atom. The fraction of sp³-hybridized carbons (Fsp3) is 0.462. The van der Waals surface area contributed by atoms with Gasteiger partial charge in [-0.3, -0.25) is 4.79 Å². The summed E-state index contributed by atoms with van der Waals surface area (Å²) < 4.78 is 10.7. The molecule has 0 bridgehead atoms. The van der Waals surface area contributed by atoms with Gasteiger partial charge in [0.2, 0.25) is 0 Å². The standard InChI is InChI=1S/C26H33ClO4/c1-4-6-7-8-9-25(28)31-23-16-14-21(15-17-23)20-10-12-22(13-11-20)26(29)30-18-24(27)19(3)5-2/h10-17,19,24H,4-9,18H2,1-3H3. The molecule has 4 nitrogen and oxygen atoms in total. The van der Waals surface area contributed by atoms with Gasteiger partial charge < -0.3 is 9.47 Å². The molecule has 0 N–H and O–H groups in total. The molecule has 2 aromatic carbocycles. The fourth-order valence-electron chi connectivity index (χ4n) is 3.05. The van der Waals surface area contributed by atoms with Crippen molar-refractivity contribution in [2.45, 2.75) is 64.7 Å². The summed E-state index contributed by atoms with van der Waals surface area (Å²) in [4.78, 5) is 24.1. The molecule has 0 spiro atoms. The van der Waals surface area contributed by atoms with Crippen LogP contribution in [-0.2, 0) is 9.53 Å². The third kappa shape index (κ3) is 8.37.